The second-order valence-electron chi connectivity index (χ2n) is 9.44. The molecule has 10 heteroatoms. The Morgan fingerprint density at radius 3 is 2.44 bits per heavy atom. The molecule has 0 atom stereocenters. The highest BCUT2D eigenvalue weighted by atomic mass is 16.3. The lowest BCUT2D eigenvalue weighted by molar-refractivity contribution is 0.229. The van der Waals surface area contributed by atoms with Crippen molar-refractivity contribution in [3.63, 3.8) is 0 Å². The van der Waals surface area contributed by atoms with Crippen molar-refractivity contribution in [2.24, 2.45) is 7.05 Å². The number of hydrogen-bond donors (Lipinski definition) is 1. The summed E-state index contributed by atoms with van der Waals surface area (Å²) >= 11 is 0. The van der Waals surface area contributed by atoms with Crippen molar-refractivity contribution in [3.8, 4) is 17.3 Å². The van der Waals surface area contributed by atoms with E-state index in [4.69, 9.17) is 4.98 Å². The zero-order chi connectivity index (χ0) is 25.7. The lowest BCUT2D eigenvalue weighted by Gasteiger charge is -2.22. The van der Waals surface area contributed by atoms with Crippen molar-refractivity contribution < 1.29 is 9.90 Å². The van der Waals surface area contributed by atoms with Crippen molar-refractivity contribution >= 4 is 23.1 Å². The maximum Gasteiger partial charge on any atom is 0.324 e. The fraction of sp³-hybridized carbons (Fsp3) is 0.308. The number of carbonyl (C=O) groups is 1. The summed E-state index contributed by atoms with van der Waals surface area (Å²) in [6, 6.07) is 9.92. The molecule has 5 rings (SSSR count). The first-order chi connectivity index (χ1) is 17.2. The number of fused-ring (bicyclic) bond motifs is 1. The monoisotopic (exact) mass is 487 g/mol. The minimum atomic E-state index is -0.622. The van der Waals surface area contributed by atoms with Crippen molar-refractivity contribution in [1.82, 2.24) is 23.8 Å². The number of aryl methyl sites for hydroxylation is 1. The van der Waals surface area contributed by atoms with Crippen molar-refractivity contribution in [1.29, 1.82) is 0 Å². The number of amides is 2. The van der Waals surface area contributed by atoms with Crippen LogP contribution in [0.2, 0.25) is 0 Å². The zero-order valence-corrected chi connectivity index (χ0v) is 21.1. The number of imidazole rings is 1. The van der Waals surface area contributed by atoms with Crippen LogP contribution in [0.3, 0.4) is 0 Å². The first kappa shape index (κ1) is 23.4. The lowest BCUT2D eigenvalue weighted by atomic mass is 10.1. The number of aromatic hydroxyl groups is 1. The van der Waals surface area contributed by atoms with E-state index in [0.717, 1.165) is 11.3 Å². The molecule has 1 fully saturated rings. The van der Waals surface area contributed by atoms with E-state index < -0.39 is 11.3 Å². The summed E-state index contributed by atoms with van der Waals surface area (Å²) in [5.74, 6) is -0.114. The van der Waals surface area contributed by atoms with Gasteiger partial charge in [0.15, 0.2) is 17.2 Å². The topological polar surface area (TPSA) is 99.2 Å². The minimum absolute atomic E-state index is 0.0801. The van der Waals surface area contributed by atoms with Gasteiger partial charge in [0.05, 0.1) is 11.4 Å². The molecule has 3 aromatic heterocycles. The van der Waals surface area contributed by atoms with Crippen LogP contribution in [-0.2, 0) is 13.5 Å². The second kappa shape index (κ2) is 8.71. The first-order valence-corrected chi connectivity index (χ1v) is 11.7. The molecule has 4 aromatic rings. The molecular weight excluding hydrogens is 458 g/mol. The predicted octanol–water partition coefficient (Wildman–Crippen LogP) is 2.64. The van der Waals surface area contributed by atoms with Crippen LogP contribution in [0.4, 0.5) is 16.2 Å². The van der Waals surface area contributed by atoms with E-state index >= 15 is 0 Å². The Bertz CT molecular complexity index is 1540. The van der Waals surface area contributed by atoms with Gasteiger partial charge in [-0.25, -0.2) is 14.8 Å². The number of likely N-dealkylation sites (N-methyl/N-ethyl adjacent to an activating group) is 1. The Balaban J connectivity index is 1.67. The Kier molecular flexibility index (Phi) is 5.66. The molecule has 186 valence electrons. The molecule has 0 bridgehead atoms. The van der Waals surface area contributed by atoms with Crippen LogP contribution in [0.25, 0.3) is 17.2 Å². The molecule has 1 aliphatic heterocycles. The van der Waals surface area contributed by atoms with E-state index in [1.807, 2.05) is 43.6 Å². The molecule has 0 spiro atoms. The summed E-state index contributed by atoms with van der Waals surface area (Å²) in [6.07, 6.45) is 3.99. The van der Waals surface area contributed by atoms with E-state index in [1.165, 1.54) is 9.96 Å². The molecule has 10 nitrogen and oxygen atoms in total. The van der Waals surface area contributed by atoms with Crippen LogP contribution in [0, 0.1) is 6.92 Å². The molecular formula is C26H29N7O3. The average Bonchev–Trinajstić information content (AvgIpc) is 3.38. The molecule has 1 N–H and O–H groups in total. The van der Waals surface area contributed by atoms with Crippen LogP contribution >= 0.6 is 0 Å². The smallest absolute Gasteiger partial charge is 0.324 e. The molecule has 36 heavy (non-hydrogen) atoms. The highest BCUT2D eigenvalue weighted by Gasteiger charge is 2.30. The summed E-state index contributed by atoms with van der Waals surface area (Å²) in [5.41, 5.74) is 4.17. The summed E-state index contributed by atoms with van der Waals surface area (Å²) in [5, 5.41) is 10.9. The van der Waals surface area contributed by atoms with Gasteiger partial charge in [-0.3, -0.25) is 14.1 Å². The van der Waals surface area contributed by atoms with Crippen LogP contribution < -0.4 is 15.4 Å². The first-order valence-electron chi connectivity index (χ1n) is 11.7. The number of aromatic nitrogens is 4. The zero-order valence-electron chi connectivity index (χ0n) is 21.1. The van der Waals surface area contributed by atoms with Crippen molar-refractivity contribution in [2.45, 2.75) is 13.3 Å². The van der Waals surface area contributed by atoms with Gasteiger partial charge >= 0.3 is 11.6 Å². The summed E-state index contributed by atoms with van der Waals surface area (Å²) < 4.78 is 3.13. The standard InChI is InChI=1S/C26H29N7O3/c1-16-6-8-17(9-7-16)12-18-14-27-24(31(18)5)21-22(34)25(35)33-15-19(29(2)3)13-20(23(33)28-21)32-11-10-30(4)26(32)36/h6-9,13-15,34H,10-12H2,1-5H3. The number of hydrogen-bond acceptors (Lipinski definition) is 6. The maximum absolute atomic E-state index is 13.4. The number of urea groups is 1. The normalized spacial score (nSPS) is 13.8. The van der Waals surface area contributed by atoms with Crippen LogP contribution in [-0.4, -0.2) is 69.2 Å². The van der Waals surface area contributed by atoms with Crippen molar-refractivity contribution in [2.75, 3.05) is 44.0 Å². The molecule has 0 saturated carbocycles. The third-order valence-corrected chi connectivity index (χ3v) is 6.69. The predicted molar refractivity (Wildman–Crippen MR) is 139 cm³/mol. The van der Waals surface area contributed by atoms with Gasteiger partial charge < -0.3 is 19.5 Å². The molecule has 1 aromatic carbocycles. The van der Waals surface area contributed by atoms with E-state index in [0.29, 0.717) is 36.7 Å². The number of carbonyl (C=O) groups excluding carboxylic acids is 1. The number of rotatable bonds is 5. The Labute approximate surface area is 208 Å². The Morgan fingerprint density at radius 1 is 1.08 bits per heavy atom. The number of anilines is 2. The van der Waals surface area contributed by atoms with Gasteiger partial charge in [-0.05, 0) is 18.6 Å². The average molecular weight is 488 g/mol. The third kappa shape index (κ3) is 3.84. The fourth-order valence-corrected chi connectivity index (χ4v) is 4.41. The van der Waals surface area contributed by atoms with Gasteiger partial charge in [0.1, 0.15) is 0 Å². The largest absolute Gasteiger partial charge is 0.501 e. The highest BCUT2D eigenvalue weighted by molar-refractivity contribution is 5.98. The van der Waals surface area contributed by atoms with Crippen LogP contribution in [0.5, 0.6) is 5.75 Å². The number of pyridine rings is 1. The molecule has 0 unspecified atom stereocenters. The van der Waals surface area contributed by atoms with Crippen molar-refractivity contribution in [3.05, 3.63) is 69.9 Å². The van der Waals surface area contributed by atoms with E-state index in [-0.39, 0.29) is 17.4 Å². The molecule has 1 aliphatic rings. The molecule has 1 saturated heterocycles. The van der Waals surface area contributed by atoms with E-state index in [2.05, 4.69) is 29.2 Å². The number of benzene rings is 1. The molecule has 0 radical (unpaired) electrons. The minimum Gasteiger partial charge on any atom is -0.501 e. The van der Waals surface area contributed by atoms with Crippen LogP contribution in [0.1, 0.15) is 16.8 Å². The van der Waals surface area contributed by atoms with Gasteiger partial charge in [0.2, 0.25) is 5.75 Å². The van der Waals surface area contributed by atoms with Gasteiger partial charge in [-0.1, -0.05) is 29.8 Å². The third-order valence-electron chi connectivity index (χ3n) is 6.69. The quantitative estimate of drug-likeness (QED) is 0.465. The van der Waals surface area contributed by atoms with Crippen LogP contribution in [0.15, 0.2) is 47.5 Å². The second-order valence-corrected chi connectivity index (χ2v) is 9.44. The molecule has 2 amide bonds. The number of nitrogens with zero attached hydrogens (tertiary/aromatic N) is 7. The Hall–Kier alpha value is -4.34. The van der Waals surface area contributed by atoms with E-state index in [9.17, 15) is 14.7 Å². The van der Waals surface area contributed by atoms with Gasteiger partial charge in [-0.15, -0.1) is 0 Å². The van der Waals surface area contributed by atoms with Gasteiger partial charge in [0.25, 0.3) is 0 Å². The molecule has 4 heterocycles. The lowest BCUT2D eigenvalue weighted by Crippen LogP contribution is -2.31. The fourth-order valence-electron chi connectivity index (χ4n) is 4.41. The summed E-state index contributed by atoms with van der Waals surface area (Å²) in [4.78, 5) is 40.5. The Morgan fingerprint density at radius 2 is 1.81 bits per heavy atom. The highest BCUT2D eigenvalue weighted by Crippen LogP contribution is 2.32. The maximum atomic E-state index is 13.4. The van der Waals surface area contributed by atoms with Gasteiger partial charge in [0, 0.05) is 65.8 Å². The summed E-state index contributed by atoms with van der Waals surface area (Å²) in [6.45, 7) is 3.08. The summed E-state index contributed by atoms with van der Waals surface area (Å²) in [7, 11) is 7.27. The van der Waals surface area contributed by atoms with Gasteiger partial charge in [-0.2, -0.15) is 0 Å². The SMILES string of the molecule is Cc1ccc(Cc2cnc(-c3nc4c(N5CCN(C)C5=O)cc(N(C)C)cn4c(=O)c3O)n2C)cc1. The van der Waals surface area contributed by atoms with E-state index in [1.54, 1.807) is 29.2 Å². The molecule has 0 aliphatic carbocycles.